The number of nitrogens with one attached hydrogen (secondary N) is 3. The maximum absolute atomic E-state index is 11.9. The van der Waals surface area contributed by atoms with Gasteiger partial charge < -0.3 is 16.0 Å². The van der Waals surface area contributed by atoms with Crippen LogP contribution in [0.25, 0.3) is 0 Å². The van der Waals surface area contributed by atoms with Crippen LogP contribution in [0.5, 0.6) is 0 Å². The van der Waals surface area contributed by atoms with Gasteiger partial charge in [-0.25, -0.2) is 8.42 Å². The van der Waals surface area contributed by atoms with Gasteiger partial charge >= 0.3 is 0 Å². The van der Waals surface area contributed by atoms with Crippen LogP contribution in [0.4, 0.5) is 0 Å². The van der Waals surface area contributed by atoms with Crippen molar-refractivity contribution in [3.63, 3.8) is 0 Å². The zero-order valence-electron chi connectivity index (χ0n) is 11.8. The van der Waals surface area contributed by atoms with Gasteiger partial charge in [0.25, 0.3) is 0 Å². The highest BCUT2D eigenvalue weighted by Gasteiger charge is 2.23. The summed E-state index contributed by atoms with van der Waals surface area (Å²) in [6.07, 6.45) is 1.20. The van der Waals surface area contributed by atoms with Crippen LogP contribution >= 0.6 is 12.2 Å². The molecule has 9 heteroatoms. The van der Waals surface area contributed by atoms with Crippen molar-refractivity contribution in [2.24, 2.45) is 0 Å². The highest BCUT2D eigenvalue weighted by atomic mass is 32.2. The molecule has 3 N–H and O–H groups in total. The van der Waals surface area contributed by atoms with Crippen LogP contribution < -0.4 is 16.0 Å². The van der Waals surface area contributed by atoms with Gasteiger partial charge in [-0.1, -0.05) is 0 Å². The maximum Gasteiger partial charge on any atom is 0.243 e. The first-order valence-electron chi connectivity index (χ1n) is 6.05. The molecule has 0 aliphatic rings. The van der Waals surface area contributed by atoms with Crippen molar-refractivity contribution in [1.29, 1.82) is 5.26 Å². The summed E-state index contributed by atoms with van der Waals surface area (Å²) in [6.45, 7) is 3.90. The van der Waals surface area contributed by atoms with Crippen molar-refractivity contribution in [2.45, 2.75) is 32.4 Å². The minimum Gasteiger partial charge on any atom is -0.361 e. The van der Waals surface area contributed by atoms with Gasteiger partial charge in [-0.15, -0.1) is 0 Å². The van der Waals surface area contributed by atoms with Crippen molar-refractivity contribution in [2.75, 3.05) is 18.6 Å². The summed E-state index contributed by atoms with van der Waals surface area (Å²) in [6, 6.07) is 0.967. The summed E-state index contributed by atoms with van der Waals surface area (Å²) in [4.78, 5) is 11.9. The van der Waals surface area contributed by atoms with E-state index in [1.807, 2.05) is 19.9 Å². The van der Waals surface area contributed by atoms with E-state index < -0.39 is 21.8 Å². The first-order chi connectivity index (χ1) is 9.15. The Morgan fingerprint density at radius 1 is 1.35 bits per heavy atom. The second-order valence-corrected chi connectivity index (χ2v) is 7.21. The number of amides is 1. The van der Waals surface area contributed by atoms with Gasteiger partial charge in [-0.3, -0.25) is 4.79 Å². The Hall–Kier alpha value is -1.40. The number of nitriles is 1. The number of thiocarbonyl (C=S) groups is 1. The minimum absolute atomic E-state index is 0.0653. The molecule has 0 bridgehead atoms. The van der Waals surface area contributed by atoms with Crippen molar-refractivity contribution in [3.05, 3.63) is 0 Å². The number of rotatable bonds is 7. The van der Waals surface area contributed by atoms with E-state index in [9.17, 15) is 13.2 Å². The third-order valence-corrected chi connectivity index (χ3v) is 3.22. The third-order valence-electron chi connectivity index (χ3n) is 2.05. The number of sulfone groups is 1. The number of carbonyl (C=O) groups excluding carboxylic acids is 1. The van der Waals surface area contributed by atoms with Gasteiger partial charge in [0.2, 0.25) is 5.91 Å². The van der Waals surface area contributed by atoms with Crippen LogP contribution in [0.15, 0.2) is 0 Å². The summed E-state index contributed by atoms with van der Waals surface area (Å²) >= 11 is 5.00. The molecule has 114 valence electrons. The molecule has 0 saturated heterocycles. The molecule has 0 fully saturated rings. The lowest BCUT2D eigenvalue weighted by atomic mass is 10.3. The topological polar surface area (TPSA) is 111 Å². The second kappa shape index (κ2) is 8.71. The first kappa shape index (κ1) is 18.6. The molecule has 1 unspecified atom stereocenters. The van der Waals surface area contributed by atoms with E-state index in [4.69, 9.17) is 17.5 Å². The normalized spacial score (nSPS) is 12.3. The molecular formula is C11H20N4O3S2. The third kappa shape index (κ3) is 9.52. The summed E-state index contributed by atoms with van der Waals surface area (Å²) < 4.78 is 22.7. The second-order valence-electron chi connectivity index (χ2n) is 4.62. The zero-order chi connectivity index (χ0) is 15.8. The smallest absolute Gasteiger partial charge is 0.243 e. The Bertz CT molecular complexity index is 482. The van der Waals surface area contributed by atoms with Crippen LogP contribution in [-0.2, 0) is 14.6 Å². The van der Waals surface area contributed by atoms with Crippen LogP contribution in [0.3, 0.4) is 0 Å². The van der Waals surface area contributed by atoms with Crippen LogP contribution in [-0.4, -0.2) is 50.1 Å². The molecule has 0 aromatic carbocycles. The Balaban J connectivity index is 4.68. The van der Waals surface area contributed by atoms with Crippen LogP contribution in [0, 0.1) is 11.3 Å². The van der Waals surface area contributed by atoms with Gasteiger partial charge in [0.15, 0.2) is 5.11 Å². The van der Waals surface area contributed by atoms with E-state index in [1.54, 1.807) is 0 Å². The predicted octanol–water partition coefficient (Wildman–Crippen LogP) is -0.698. The fourth-order valence-corrected chi connectivity index (χ4v) is 2.53. The van der Waals surface area contributed by atoms with Gasteiger partial charge in [0.1, 0.15) is 15.9 Å². The largest absolute Gasteiger partial charge is 0.361 e. The molecule has 0 saturated carbocycles. The molecule has 20 heavy (non-hydrogen) atoms. The van der Waals surface area contributed by atoms with E-state index in [0.29, 0.717) is 0 Å². The number of carbonyl (C=O) groups is 1. The minimum atomic E-state index is -3.35. The highest BCUT2D eigenvalue weighted by molar-refractivity contribution is 7.90. The molecule has 1 atom stereocenters. The maximum atomic E-state index is 11.9. The molecule has 0 spiro atoms. The average Bonchev–Trinajstić information content (AvgIpc) is 2.25. The molecule has 0 aliphatic heterocycles. The van der Waals surface area contributed by atoms with Crippen LogP contribution in [0.1, 0.15) is 20.3 Å². The van der Waals surface area contributed by atoms with Gasteiger partial charge in [0.05, 0.1) is 18.2 Å². The summed E-state index contributed by atoms with van der Waals surface area (Å²) in [5, 5.41) is 16.7. The van der Waals surface area contributed by atoms with Crippen molar-refractivity contribution in [3.8, 4) is 6.07 Å². The van der Waals surface area contributed by atoms with E-state index in [2.05, 4.69) is 16.0 Å². The Morgan fingerprint density at radius 3 is 2.40 bits per heavy atom. The SMILES string of the molecule is CC(C)NC(=S)NC(CS(C)(=O)=O)C(=O)NCCC#N. The quantitative estimate of drug-likeness (QED) is 0.420. The highest BCUT2D eigenvalue weighted by Crippen LogP contribution is 1.94. The predicted molar refractivity (Wildman–Crippen MR) is 80.7 cm³/mol. The number of nitrogens with zero attached hydrogens (tertiary/aromatic N) is 1. The summed E-state index contributed by atoms with van der Waals surface area (Å²) in [5.74, 6) is -0.871. The lowest BCUT2D eigenvalue weighted by molar-refractivity contribution is -0.122. The van der Waals surface area contributed by atoms with E-state index in [1.165, 1.54) is 0 Å². The van der Waals surface area contributed by atoms with E-state index in [0.717, 1.165) is 6.26 Å². The summed E-state index contributed by atoms with van der Waals surface area (Å²) in [7, 11) is -3.35. The average molecular weight is 320 g/mol. The molecular weight excluding hydrogens is 300 g/mol. The first-order valence-corrected chi connectivity index (χ1v) is 8.52. The standard InChI is InChI=1S/C11H20N4O3S2/c1-8(2)14-11(19)15-9(7-20(3,17)18)10(16)13-6-4-5-12/h8-9H,4,6-7H2,1-3H3,(H,13,16)(H2,14,15,19). The lowest BCUT2D eigenvalue weighted by Crippen LogP contribution is -2.53. The molecule has 0 aromatic rings. The molecule has 0 radical (unpaired) electrons. The Labute approximate surface area is 125 Å². The fourth-order valence-electron chi connectivity index (χ4n) is 1.31. The van der Waals surface area contributed by atoms with Crippen molar-refractivity contribution in [1.82, 2.24) is 16.0 Å². The molecule has 7 nitrogen and oxygen atoms in total. The van der Waals surface area contributed by atoms with E-state index >= 15 is 0 Å². The number of hydrogen-bond acceptors (Lipinski definition) is 5. The van der Waals surface area contributed by atoms with E-state index in [-0.39, 0.29) is 29.9 Å². The lowest BCUT2D eigenvalue weighted by Gasteiger charge is -2.20. The van der Waals surface area contributed by atoms with Crippen LogP contribution in [0.2, 0.25) is 0 Å². The zero-order valence-corrected chi connectivity index (χ0v) is 13.4. The van der Waals surface area contributed by atoms with Gasteiger partial charge in [0, 0.05) is 18.8 Å². The molecule has 0 aromatic heterocycles. The molecule has 1 amide bonds. The molecule has 0 rings (SSSR count). The van der Waals surface area contributed by atoms with Crippen molar-refractivity contribution < 1.29 is 13.2 Å². The Kier molecular flexibility index (Phi) is 8.10. The summed E-state index contributed by atoms with van der Waals surface area (Å²) in [5.41, 5.74) is 0. The van der Waals surface area contributed by atoms with Gasteiger partial charge in [-0.2, -0.15) is 5.26 Å². The molecule has 0 heterocycles. The van der Waals surface area contributed by atoms with Gasteiger partial charge in [-0.05, 0) is 26.1 Å². The Morgan fingerprint density at radius 2 is 1.95 bits per heavy atom. The fraction of sp³-hybridized carbons (Fsp3) is 0.727. The number of hydrogen-bond donors (Lipinski definition) is 3. The molecule has 0 aliphatic carbocycles. The monoisotopic (exact) mass is 320 g/mol. The van der Waals surface area contributed by atoms with Crippen molar-refractivity contribution >= 4 is 33.1 Å².